The van der Waals surface area contributed by atoms with Crippen LogP contribution in [0.5, 0.6) is 5.75 Å². The minimum Gasteiger partial charge on any atom is -0.465 e. The van der Waals surface area contributed by atoms with E-state index < -0.39 is 11.9 Å². The van der Waals surface area contributed by atoms with Gasteiger partial charge in [0.2, 0.25) is 0 Å². The molecule has 166 valence electrons. The van der Waals surface area contributed by atoms with Crippen molar-refractivity contribution in [3.05, 3.63) is 112 Å². The lowest BCUT2D eigenvalue weighted by Gasteiger charge is -2.12. The Morgan fingerprint density at radius 3 is 1.82 bits per heavy atom. The zero-order chi connectivity index (χ0) is 23.5. The number of carbonyl (C=O) groups excluding carboxylic acids is 2. The number of fused-ring (bicyclic) bond motifs is 1. The molecule has 0 atom stereocenters. The molecule has 0 aliphatic heterocycles. The molecule has 0 aromatic heterocycles. The number of hydrogen-bond acceptors (Lipinski definition) is 4. The highest BCUT2D eigenvalue weighted by molar-refractivity contribution is 6.12. The molecule has 4 nitrogen and oxygen atoms in total. The second-order valence-electron chi connectivity index (χ2n) is 8.28. The van der Waals surface area contributed by atoms with E-state index in [-0.39, 0.29) is 0 Å². The maximum absolute atomic E-state index is 13.0. The molecule has 0 saturated heterocycles. The van der Waals surface area contributed by atoms with Crippen molar-refractivity contribution >= 4 is 22.7 Å². The summed E-state index contributed by atoms with van der Waals surface area (Å²) in [5.41, 5.74) is 6.67. The second kappa shape index (κ2) is 9.29. The van der Waals surface area contributed by atoms with Gasteiger partial charge in [-0.15, -0.1) is 0 Å². The molecule has 0 saturated carbocycles. The summed E-state index contributed by atoms with van der Waals surface area (Å²) in [5, 5.41) is 1.30. The third-order valence-corrected chi connectivity index (χ3v) is 5.97. The highest BCUT2D eigenvalue weighted by Gasteiger charge is 2.18. The number of methoxy groups -OCH3 is 1. The van der Waals surface area contributed by atoms with E-state index in [1.165, 1.54) is 23.8 Å². The zero-order valence-electron chi connectivity index (χ0n) is 19.3. The zero-order valence-corrected chi connectivity index (χ0v) is 19.3. The minimum absolute atomic E-state index is 0.400. The van der Waals surface area contributed by atoms with Crippen LogP contribution in [-0.4, -0.2) is 19.0 Å². The van der Waals surface area contributed by atoms with E-state index in [4.69, 9.17) is 9.47 Å². The van der Waals surface area contributed by atoms with Crippen LogP contribution >= 0.6 is 0 Å². The van der Waals surface area contributed by atoms with Gasteiger partial charge in [-0.2, -0.15) is 0 Å². The van der Waals surface area contributed by atoms with E-state index >= 15 is 0 Å². The third-order valence-electron chi connectivity index (χ3n) is 5.97. The number of aryl methyl sites for hydroxylation is 3. The SMILES string of the molecule is COC(=O)c1ccc(C(=O)Oc2ccc(Cc3ccc(C)c(C)c3)cc2C)c2ccccc12. The van der Waals surface area contributed by atoms with Gasteiger partial charge in [0.15, 0.2) is 0 Å². The molecule has 4 rings (SSSR count). The van der Waals surface area contributed by atoms with Gasteiger partial charge in [-0.1, -0.05) is 54.6 Å². The smallest absolute Gasteiger partial charge is 0.344 e. The predicted molar refractivity (Wildman–Crippen MR) is 130 cm³/mol. The molecule has 4 aromatic rings. The summed E-state index contributed by atoms with van der Waals surface area (Å²) in [6.07, 6.45) is 0.815. The Morgan fingerprint density at radius 2 is 1.24 bits per heavy atom. The summed E-state index contributed by atoms with van der Waals surface area (Å²) in [5.74, 6) is -0.390. The largest absolute Gasteiger partial charge is 0.465 e. The van der Waals surface area contributed by atoms with Gasteiger partial charge in [-0.3, -0.25) is 0 Å². The summed E-state index contributed by atoms with van der Waals surface area (Å²) in [4.78, 5) is 25.1. The quantitative estimate of drug-likeness (QED) is 0.269. The van der Waals surface area contributed by atoms with E-state index in [0.717, 1.165) is 17.5 Å². The molecule has 0 N–H and O–H groups in total. The molecular formula is C29H26O4. The minimum atomic E-state index is -0.465. The van der Waals surface area contributed by atoms with E-state index in [0.29, 0.717) is 27.6 Å². The molecule has 0 spiro atoms. The van der Waals surface area contributed by atoms with Crippen molar-refractivity contribution in [3.63, 3.8) is 0 Å². The first-order valence-electron chi connectivity index (χ1n) is 10.9. The third kappa shape index (κ3) is 4.65. The van der Waals surface area contributed by atoms with Crippen molar-refractivity contribution in [3.8, 4) is 5.75 Å². The van der Waals surface area contributed by atoms with E-state index in [9.17, 15) is 9.59 Å². The fourth-order valence-corrected chi connectivity index (χ4v) is 4.01. The monoisotopic (exact) mass is 438 g/mol. The maximum Gasteiger partial charge on any atom is 0.344 e. The first-order chi connectivity index (χ1) is 15.9. The number of rotatable bonds is 5. The topological polar surface area (TPSA) is 52.6 Å². The van der Waals surface area contributed by atoms with Gasteiger partial charge < -0.3 is 9.47 Å². The summed E-state index contributed by atoms with van der Waals surface area (Å²) >= 11 is 0. The molecule has 0 fully saturated rings. The van der Waals surface area contributed by atoms with Crippen molar-refractivity contribution in [1.29, 1.82) is 0 Å². The van der Waals surface area contributed by atoms with Crippen LogP contribution < -0.4 is 4.74 Å². The van der Waals surface area contributed by atoms with Gasteiger partial charge in [0.1, 0.15) is 5.75 Å². The summed E-state index contributed by atoms with van der Waals surface area (Å²) in [6, 6.07) is 22.8. The molecule has 4 aromatic carbocycles. The highest BCUT2D eigenvalue weighted by atomic mass is 16.5. The number of esters is 2. The molecule has 0 bridgehead atoms. The summed E-state index contributed by atoms with van der Waals surface area (Å²) in [7, 11) is 1.34. The van der Waals surface area contributed by atoms with Crippen LogP contribution in [0.3, 0.4) is 0 Å². The number of benzene rings is 4. The molecule has 0 aliphatic carbocycles. The first kappa shape index (κ1) is 22.3. The van der Waals surface area contributed by atoms with Crippen molar-refractivity contribution in [2.24, 2.45) is 0 Å². The van der Waals surface area contributed by atoms with Gasteiger partial charge in [-0.05, 0) is 84.0 Å². The van der Waals surface area contributed by atoms with Crippen LogP contribution in [0.15, 0.2) is 72.8 Å². The Bertz CT molecular complexity index is 1370. The molecule has 0 heterocycles. The van der Waals surface area contributed by atoms with Crippen LogP contribution in [0.4, 0.5) is 0 Å². The van der Waals surface area contributed by atoms with Crippen molar-refractivity contribution in [2.75, 3.05) is 7.11 Å². The van der Waals surface area contributed by atoms with Crippen LogP contribution in [0, 0.1) is 20.8 Å². The van der Waals surface area contributed by atoms with Gasteiger partial charge in [0.25, 0.3) is 0 Å². The molecule has 0 unspecified atom stereocenters. The number of ether oxygens (including phenoxy) is 2. The van der Waals surface area contributed by atoms with Crippen molar-refractivity contribution < 1.29 is 19.1 Å². The lowest BCUT2D eigenvalue weighted by Crippen LogP contribution is -2.11. The molecule has 33 heavy (non-hydrogen) atoms. The van der Waals surface area contributed by atoms with Gasteiger partial charge in [0.05, 0.1) is 18.2 Å². The average molecular weight is 439 g/mol. The first-order valence-corrected chi connectivity index (χ1v) is 10.9. The Kier molecular flexibility index (Phi) is 6.27. The Morgan fingerprint density at radius 1 is 0.667 bits per heavy atom. The number of hydrogen-bond donors (Lipinski definition) is 0. The van der Waals surface area contributed by atoms with Crippen LogP contribution in [0.1, 0.15) is 48.5 Å². The fraction of sp³-hybridized carbons (Fsp3) is 0.172. The Labute approximate surface area is 193 Å². The molecule has 0 amide bonds. The van der Waals surface area contributed by atoms with Crippen molar-refractivity contribution in [1.82, 2.24) is 0 Å². The van der Waals surface area contributed by atoms with Crippen LogP contribution in [0.25, 0.3) is 10.8 Å². The van der Waals surface area contributed by atoms with E-state index in [2.05, 4.69) is 38.1 Å². The normalized spacial score (nSPS) is 10.8. The average Bonchev–Trinajstić information content (AvgIpc) is 2.82. The lowest BCUT2D eigenvalue weighted by molar-refractivity contribution is 0.0601. The molecule has 4 heteroatoms. The van der Waals surface area contributed by atoms with Crippen LogP contribution in [0.2, 0.25) is 0 Å². The van der Waals surface area contributed by atoms with Gasteiger partial charge in [0, 0.05) is 0 Å². The van der Waals surface area contributed by atoms with E-state index in [1.54, 1.807) is 24.3 Å². The predicted octanol–water partition coefficient (Wildman–Crippen LogP) is 6.36. The molecule has 0 aliphatic rings. The van der Waals surface area contributed by atoms with Gasteiger partial charge in [-0.25, -0.2) is 9.59 Å². The summed E-state index contributed by atoms with van der Waals surface area (Å²) in [6.45, 7) is 6.16. The number of carbonyl (C=O) groups is 2. The Balaban J connectivity index is 1.58. The summed E-state index contributed by atoms with van der Waals surface area (Å²) < 4.78 is 10.6. The maximum atomic E-state index is 13.0. The molecular weight excluding hydrogens is 412 g/mol. The standard InChI is InChI=1S/C29H26O4/c1-18-9-10-21(15-19(18)2)17-22-11-14-27(20(3)16-22)33-29(31)26-13-12-25(28(30)32-4)23-7-5-6-8-24(23)26/h5-16H,17H2,1-4H3. The van der Waals surface area contributed by atoms with E-state index in [1.807, 2.05) is 31.2 Å². The van der Waals surface area contributed by atoms with Crippen LogP contribution in [-0.2, 0) is 11.2 Å². The van der Waals surface area contributed by atoms with Gasteiger partial charge >= 0.3 is 11.9 Å². The fourth-order valence-electron chi connectivity index (χ4n) is 4.01. The lowest BCUT2D eigenvalue weighted by atomic mass is 9.99. The second-order valence-corrected chi connectivity index (χ2v) is 8.28. The highest BCUT2D eigenvalue weighted by Crippen LogP contribution is 2.27. The van der Waals surface area contributed by atoms with Crippen molar-refractivity contribution in [2.45, 2.75) is 27.2 Å². The Hall–Kier alpha value is -3.92. The molecule has 0 radical (unpaired) electrons.